The molecule has 3 rings (SSSR count). The van der Waals surface area contributed by atoms with Crippen LogP contribution in [0, 0.1) is 0 Å². The SMILES string of the molecule is CN=C(NCc1ccccc1Cl)NCc1ccccc1CN1CCOCC1. The minimum absolute atomic E-state index is 0.634. The second-order valence-corrected chi connectivity index (χ2v) is 6.94. The van der Waals surface area contributed by atoms with Gasteiger partial charge in [-0.25, -0.2) is 0 Å². The third-order valence-electron chi connectivity index (χ3n) is 4.69. The summed E-state index contributed by atoms with van der Waals surface area (Å²) in [7, 11) is 1.78. The molecule has 0 unspecified atom stereocenters. The number of benzene rings is 2. The number of guanidine groups is 1. The summed E-state index contributed by atoms with van der Waals surface area (Å²) in [5.41, 5.74) is 3.67. The van der Waals surface area contributed by atoms with Gasteiger partial charge < -0.3 is 15.4 Å². The summed E-state index contributed by atoms with van der Waals surface area (Å²) >= 11 is 6.22. The molecule has 27 heavy (non-hydrogen) atoms. The fraction of sp³-hybridized carbons (Fsp3) is 0.381. The Morgan fingerprint density at radius 2 is 1.56 bits per heavy atom. The maximum Gasteiger partial charge on any atom is 0.191 e. The first-order valence-corrected chi connectivity index (χ1v) is 9.69. The van der Waals surface area contributed by atoms with E-state index in [-0.39, 0.29) is 0 Å². The number of nitrogens with zero attached hydrogens (tertiary/aromatic N) is 2. The molecule has 1 aliphatic rings. The van der Waals surface area contributed by atoms with Gasteiger partial charge in [-0.1, -0.05) is 54.1 Å². The molecule has 0 aromatic heterocycles. The van der Waals surface area contributed by atoms with Gasteiger partial charge in [0.15, 0.2) is 5.96 Å². The molecule has 0 spiro atoms. The van der Waals surface area contributed by atoms with Crippen LogP contribution in [0.4, 0.5) is 0 Å². The van der Waals surface area contributed by atoms with Crippen molar-refractivity contribution < 1.29 is 4.74 Å². The normalized spacial score (nSPS) is 15.6. The Kier molecular flexibility index (Phi) is 7.51. The van der Waals surface area contributed by atoms with Gasteiger partial charge in [0.2, 0.25) is 0 Å². The van der Waals surface area contributed by atoms with Gasteiger partial charge in [-0.15, -0.1) is 0 Å². The largest absolute Gasteiger partial charge is 0.379 e. The predicted molar refractivity (Wildman–Crippen MR) is 111 cm³/mol. The highest BCUT2D eigenvalue weighted by Crippen LogP contribution is 2.15. The minimum Gasteiger partial charge on any atom is -0.379 e. The third kappa shape index (κ3) is 5.96. The molecule has 0 aliphatic carbocycles. The van der Waals surface area contributed by atoms with Crippen molar-refractivity contribution in [3.8, 4) is 0 Å². The summed E-state index contributed by atoms with van der Waals surface area (Å²) in [6, 6.07) is 16.4. The van der Waals surface area contributed by atoms with E-state index in [4.69, 9.17) is 16.3 Å². The van der Waals surface area contributed by atoms with Crippen molar-refractivity contribution in [1.82, 2.24) is 15.5 Å². The Morgan fingerprint density at radius 1 is 0.963 bits per heavy atom. The summed E-state index contributed by atoms with van der Waals surface area (Å²) in [5.74, 6) is 0.760. The first-order valence-electron chi connectivity index (χ1n) is 9.31. The zero-order valence-electron chi connectivity index (χ0n) is 15.7. The van der Waals surface area contributed by atoms with E-state index in [1.807, 2.05) is 24.3 Å². The zero-order chi connectivity index (χ0) is 18.9. The van der Waals surface area contributed by atoms with E-state index in [0.717, 1.165) is 55.9 Å². The van der Waals surface area contributed by atoms with Gasteiger partial charge in [-0.3, -0.25) is 9.89 Å². The van der Waals surface area contributed by atoms with Gasteiger partial charge in [-0.2, -0.15) is 0 Å². The Balaban J connectivity index is 1.55. The van der Waals surface area contributed by atoms with E-state index in [9.17, 15) is 0 Å². The molecule has 2 aromatic rings. The van der Waals surface area contributed by atoms with Crippen LogP contribution in [0.2, 0.25) is 5.02 Å². The van der Waals surface area contributed by atoms with Crippen LogP contribution in [0.5, 0.6) is 0 Å². The zero-order valence-corrected chi connectivity index (χ0v) is 16.5. The van der Waals surface area contributed by atoms with Crippen LogP contribution in [0.25, 0.3) is 0 Å². The molecule has 1 saturated heterocycles. The summed E-state index contributed by atoms with van der Waals surface area (Å²) in [4.78, 5) is 6.75. The lowest BCUT2D eigenvalue weighted by Gasteiger charge is -2.27. The number of ether oxygens (including phenoxy) is 1. The molecule has 0 bridgehead atoms. The maximum atomic E-state index is 6.22. The molecule has 1 aliphatic heterocycles. The van der Waals surface area contributed by atoms with Crippen molar-refractivity contribution in [2.24, 2.45) is 4.99 Å². The number of halogens is 1. The molecule has 6 heteroatoms. The quantitative estimate of drug-likeness (QED) is 0.591. The minimum atomic E-state index is 0.634. The summed E-state index contributed by atoms with van der Waals surface area (Å²) in [5, 5.41) is 7.49. The van der Waals surface area contributed by atoms with Crippen molar-refractivity contribution >= 4 is 17.6 Å². The molecule has 2 aromatic carbocycles. The van der Waals surface area contributed by atoms with Crippen LogP contribution < -0.4 is 10.6 Å². The van der Waals surface area contributed by atoms with Gasteiger partial charge in [0.1, 0.15) is 0 Å². The van der Waals surface area contributed by atoms with Gasteiger partial charge in [0.25, 0.3) is 0 Å². The Hall–Kier alpha value is -2.08. The van der Waals surface area contributed by atoms with Crippen LogP contribution in [-0.4, -0.2) is 44.2 Å². The first-order chi connectivity index (χ1) is 13.3. The van der Waals surface area contributed by atoms with Crippen LogP contribution in [0.3, 0.4) is 0 Å². The summed E-state index contributed by atoms with van der Waals surface area (Å²) in [6.45, 7) is 5.92. The topological polar surface area (TPSA) is 48.9 Å². The molecule has 2 N–H and O–H groups in total. The van der Waals surface area contributed by atoms with E-state index in [0.29, 0.717) is 6.54 Å². The van der Waals surface area contributed by atoms with Crippen LogP contribution in [-0.2, 0) is 24.4 Å². The lowest BCUT2D eigenvalue weighted by Crippen LogP contribution is -2.37. The standard InChI is InChI=1S/C21H27ClN4O/c1-23-21(25-15-18-7-4-5-9-20(18)22)24-14-17-6-2-3-8-19(17)16-26-10-12-27-13-11-26/h2-9H,10-16H2,1H3,(H2,23,24,25). The molecular weight excluding hydrogens is 360 g/mol. The van der Waals surface area contributed by atoms with Crippen molar-refractivity contribution in [2.45, 2.75) is 19.6 Å². The Morgan fingerprint density at radius 3 is 2.22 bits per heavy atom. The smallest absolute Gasteiger partial charge is 0.191 e. The van der Waals surface area contributed by atoms with Crippen molar-refractivity contribution in [2.75, 3.05) is 33.4 Å². The van der Waals surface area contributed by atoms with E-state index < -0.39 is 0 Å². The Bertz CT molecular complexity index is 759. The molecule has 1 heterocycles. The monoisotopic (exact) mass is 386 g/mol. The summed E-state index contributed by atoms with van der Waals surface area (Å²) in [6.07, 6.45) is 0. The second kappa shape index (κ2) is 10.3. The molecule has 1 fully saturated rings. The van der Waals surface area contributed by atoms with Gasteiger partial charge in [0.05, 0.1) is 13.2 Å². The fourth-order valence-electron chi connectivity index (χ4n) is 3.10. The summed E-state index contributed by atoms with van der Waals surface area (Å²) < 4.78 is 5.45. The number of rotatable bonds is 6. The van der Waals surface area contributed by atoms with Gasteiger partial charge >= 0.3 is 0 Å². The van der Waals surface area contributed by atoms with Crippen molar-refractivity contribution in [1.29, 1.82) is 0 Å². The molecule has 0 saturated carbocycles. The van der Waals surface area contributed by atoms with Crippen LogP contribution in [0.1, 0.15) is 16.7 Å². The van der Waals surface area contributed by atoms with Gasteiger partial charge in [0, 0.05) is 44.8 Å². The lowest BCUT2D eigenvalue weighted by atomic mass is 10.1. The molecule has 0 atom stereocenters. The highest BCUT2D eigenvalue weighted by Gasteiger charge is 2.12. The highest BCUT2D eigenvalue weighted by atomic mass is 35.5. The van der Waals surface area contributed by atoms with E-state index in [2.05, 4.69) is 44.8 Å². The molecule has 0 radical (unpaired) electrons. The van der Waals surface area contributed by atoms with E-state index in [1.165, 1.54) is 11.1 Å². The average Bonchev–Trinajstić information content (AvgIpc) is 2.71. The first kappa shape index (κ1) is 19.7. The fourth-order valence-corrected chi connectivity index (χ4v) is 3.31. The number of aliphatic imine (C=N–C) groups is 1. The van der Waals surface area contributed by atoms with Crippen molar-refractivity contribution in [3.63, 3.8) is 0 Å². The molecular formula is C21H27ClN4O. The number of hydrogen-bond acceptors (Lipinski definition) is 3. The number of nitrogens with one attached hydrogen (secondary N) is 2. The average molecular weight is 387 g/mol. The van der Waals surface area contributed by atoms with E-state index >= 15 is 0 Å². The number of morpholine rings is 1. The predicted octanol–water partition coefficient (Wildman–Crippen LogP) is 3.04. The molecule has 5 nitrogen and oxygen atoms in total. The molecule has 144 valence electrons. The molecule has 0 amide bonds. The maximum absolute atomic E-state index is 6.22. The Labute approximate surface area is 166 Å². The van der Waals surface area contributed by atoms with Gasteiger partial charge in [-0.05, 0) is 22.8 Å². The third-order valence-corrected chi connectivity index (χ3v) is 5.06. The number of hydrogen-bond donors (Lipinski definition) is 2. The van der Waals surface area contributed by atoms with Crippen molar-refractivity contribution in [3.05, 3.63) is 70.2 Å². The van der Waals surface area contributed by atoms with E-state index in [1.54, 1.807) is 7.05 Å². The second-order valence-electron chi connectivity index (χ2n) is 6.53. The van der Waals surface area contributed by atoms with Crippen LogP contribution >= 0.6 is 11.6 Å². The highest BCUT2D eigenvalue weighted by molar-refractivity contribution is 6.31. The lowest BCUT2D eigenvalue weighted by molar-refractivity contribution is 0.0341. The van der Waals surface area contributed by atoms with Crippen LogP contribution in [0.15, 0.2) is 53.5 Å².